The van der Waals surface area contributed by atoms with E-state index in [0.717, 1.165) is 12.8 Å². The van der Waals surface area contributed by atoms with E-state index in [2.05, 4.69) is 0 Å². The summed E-state index contributed by atoms with van der Waals surface area (Å²) >= 11 is 0. The number of carbonyl (C=O) groups excluding carboxylic acids is 1. The lowest BCUT2D eigenvalue weighted by molar-refractivity contribution is -0.159. The molecular formula is C13H25NO4S. The molecule has 0 amide bonds. The molecule has 0 N–H and O–H groups in total. The highest BCUT2D eigenvalue weighted by Gasteiger charge is 2.26. The lowest BCUT2D eigenvalue weighted by atomic mass is 10.0. The van der Waals surface area contributed by atoms with Gasteiger partial charge in [0.1, 0.15) is 5.60 Å². The summed E-state index contributed by atoms with van der Waals surface area (Å²) in [6, 6.07) is 0. The number of esters is 1. The number of ether oxygens (including phenoxy) is 1. The first kappa shape index (κ1) is 16.4. The lowest BCUT2D eigenvalue weighted by Gasteiger charge is -2.29. The first-order valence-electron chi connectivity index (χ1n) is 6.95. The molecule has 112 valence electrons. The van der Waals surface area contributed by atoms with Crippen molar-refractivity contribution < 1.29 is 17.9 Å². The van der Waals surface area contributed by atoms with Crippen molar-refractivity contribution in [1.82, 2.24) is 4.90 Å². The maximum absolute atomic E-state index is 11.8. The van der Waals surface area contributed by atoms with E-state index < -0.39 is 9.84 Å². The van der Waals surface area contributed by atoms with Gasteiger partial charge in [-0.1, -0.05) is 13.8 Å². The molecule has 0 radical (unpaired) electrons. The van der Waals surface area contributed by atoms with Crippen LogP contribution in [-0.4, -0.2) is 56.0 Å². The second-order valence-corrected chi connectivity index (χ2v) is 7.68. The largest absolute Gasteiger partial charge is 0.459 e. The van der Waals surface area contributed by atoms with Crippen LogP contribution in [0.1, 0.15) is 40.0 Å². The zero-order valence-corrected chi connectivity index (χ0v) is 13.0. The summed E-state index contributed by atoms with van der Waals surface area (Å²) in [5.74, 6) is 0.201. The average Bonchev–Trinajstić information content (AvgIpc) is 2.37. The Morgan fingerprint density at radius 3 is 2.21 bits per heavy atom. The molecule has 0 aliphatic carbocycles. The van der Waals surface area contributed by atoms with Crippen LogP contribution in [-0.2, 0) is 19.4 Å². The molecular weight excluding hydrogens is 266 g/mol. The third kappa shape index (κ3) is 5.48. The van der Waals surface area contributed by atoms with Gasteiger partial charge < -0.3 is 9.64 Å². The highest BCUT2D eigenvalue weighted by Crippen LogP contribution is 2.20. The first-order valence-corrected chi connectivity index (χ1v) is 8.77. The van der Waals surface area contributed by atoms with Gasteiger partial charge in [0.05, 0.1) is 17.9 Å². The number of hydrogen-bond donors (Lipinski definition) is 0. The molecule has 0 aromatic rings. The normalized spacial score (nSPS) is 20.2. The van der Waals surface area contributed by atoms with Crippen LogP contribution in [0.5, 0.6) is 0 Å². The summed E-state index contributed by atoms with van der Waals surface area (Å²) in [6.07, 6.45) is 1.93. The molecule has 0 unspecified atom stereocenters. The van der Waals surface area contributed by atoms with E-state index in [1.54, 1.807) is 0 Å². The van der Waals surface area contributed by atoms with Crippen molar-refractivity contribution in [3.05, 3.63) is 0 Å². The average molecular weight is 291 g/mol. The Balaban J connectivity index is 2.31. The summed E-state index contributed by atoms with van der Waals surface area (Å²) in [4.78, 5) is 13.8. The van der Waals surface area contributed by atoms with Gasteiger partial charge in [0, 0.05) is 19.6 Å². The molecule has 1 aliphatic heterocycles. The summed E-state index contributed by atoms with van der Waals surface area (Å²) in [5.41, 5.74) is -0.373. The van der Waals surface area contributed by atoms with E-state index >= 15 is 0 Å². The van der Waals surface area contributed by atoms with E-state index in [1.165, 1.54) is 0 Å². The minimum atomic E-state index is -2.85. The van der Waals surface area contributed by atoms with E-state index in [-0.39, 0.29) is 23.1 Å². The van der Waals surface area contributed by atoms with Crippen LogP contribution in [0.2, 0.25) is 0 Å². The fraction of sp³-hybridized carbons (Fsp3) is 0.923. The molecule has 0 bridgehead atoms. The fourth-order valence-corrected chi connectivity index (χ4v) is 3.22. The number of sulfone groups is 1. The summed E-state index contributed by atoms with van der Waals surface area (Å²) in [6.45, 7) is 7.58. The fourth-order valence-electron chi connectivity index (χ4n) is 1.94. The lowest BCUT2D eigenvalue weighted by Crippen LogP contribution is -2.41. The van der Waals surface area contributed by atoms with Crippen molar-refractivity contribution >= 4 is 15.8 Å². The Kier molecular flexibility index (Phi) is 5.80. The SMILES string of the molecule is CCC(C)(CC)OC(=O)CCN1CCS(=O)(=O)CC1. The predicted octanol–water partition coefficient (Wildman–Crippen LogP) is 1.23. The van der Waals surface area contributed by atoms with Crippen LogP contribution in [0.15, 0.2) is 0 Å². The van der Waals surface area contributed by atoms with E-state index in [4.69, 9.17) is 4.74 Å². The number of hydrogen-bond acceptors (Lipinski definition) is 5. The van der Waals surface area contributed by atoms with Crippen LogP contribution >= 0.6 is 0 Å². The van der Waals surface area contributed by atoms with E-state index in [1.807, 2.05) is 25.7 Å². The minimum absolute atomic E-state index is 0.195. The van der Waals surface area contributed by atoms with Gasteiger partial charge in [-0.3, -0.25) is 4.79 Å². The van der Waals surface area contributed by atoms with Crippen molar-refractivity contribution in [3.63, 3.8) is 0 Å². The zero-order chi connectivity index (χ0) is 14.5. The van der Waals surface area contributed by atoms with Gasteiger partial charge >= 0.3 is 5.97 Å². The highest BCUT2D eigenvalue weighted by atomic mass is 32.2. The van der Waals surface area contributed by atoms with Crippen molar-refractivity contribution in [2.75, 3.05) is 31.1 Å². The molecule has 0 aromatic heterocycles. The van der Waals surface area contributed by atoms with Gasteiger partial charge in [0.25, 0.3) is 0 Å². The van der Waals surface area contributed by atoms with Crippen molar-refractivity contribution in [2.24, 2.45) is 0 Å². The van der Waals surface area contributed by atoms with Gasteiger partial charge in [-0.25, -0.2) is 8.42 Å². The molecule has 0 saturated carbocycles. The summed E-state index contributed by atoms with van der Waals surface area (Å²) in [7, 11) is -2.85. The maximum atomic E-state index is 11.8. The van der Waals surface area contributed by atoms with Crippen LogP contribution in [0.3, 0.4) is 0 Å². The number of carbonyl (C=O) groups is 1. The van der Waals surface area contributed by atoms with Crippen LogP contribution in [0.4, 0.5) is 0 Å². The van der Waals surface area contributed by atoms with E-state index in [9.17, 15) is 13.2 Å². The monoisotopic (exact) mass is 291 g/mol. The molecule has 0 spiro atoms. The van der Waals surface area contributed by atoms with Gasteiger partial charge in [-0.05, 0) is 19.8 Å². The Morgan fingerprint density at radius 2 is 1.74 bits per heavy atom. The molecule has 1 heterocycles. The highest BCUT2D eigenvalue weighted by molar-refractivity contribution is 7.91. The molecule has 1 rings (SSSR count). The second kappa shape index (κ2) is 6.70. The predicted molar refractivity (Wildman–Crippen MR) is 74.8 cm³/mol. The number of rotatable bonds is 6. The summed E-state index contributed by atoms with van der Waals surface area (Å²) in [5, 5.41) is 0. The van der Waals surface area contributed by atoms with Gasteiger partial charge in [0.15, 0.2) is 9.84 Å². The van der Waals surface area contributed by atoms with Crippen LogP contribution in [0.25, 0.3) is 0 Å². The molecule has 19 heavy (non-hydrogen) atoms. The molecule has 5 nitrogen and oxygen atoms in total. The maximum Gasteiger partial charge on any atom is 0.307 e. The van der Waals surface area contributed by atoms with E-state index in [0.29, 0.717) is 26.1 Å². The minimum Gasteiger partial charge on any atom is -0.459 e. The standard InChI is InChI=1S/C13H25NO4S/c1-4-13(3,5-2)18-12(15)6-7-14-8-10-19(16,17)11-9-14/h4-11H2,1-3H3. The van der Waals surface area contributed by atoms with Crippen molar-refractivity contribution in [3.8, 4) is 0 Å². The number of nitrogens with zero attached hydrogens (tertiary/aromatic N) is 1. The molecule has 1 fully saturated rings. The molecule has 1 aliphatic rings. The topological polar surface area (TPSA) is 63.7 Å². The first-order chi connectivity index (χ1) is 8.80. The Morgan fingerprint density at radius 1 is 1.21 bits per heavy atom. The third-order valence-electron chi connectivity index (χ3n) is 3.93. The van der Waals surface area contributed by atoms with Crippen LogP contribution < -0.4 is 0 Å². The quantitative estimate of drug-likeness (QED) is 0.689. The van der Waals surface area contributed by atoms with Gasteiger partial charge in [0.2, 0.25) is 0 Å². The third-order valence-corrected chi connectivity index (χ3v) is 5.53. The van der Waals surface area contributed by atoms with Crippen LogP contribution in [0, 0.1) is 0 Å². The molecule has 6 heteroatoms. The summed E-state index contributed by atoms with van der Waals surface area (Å²) < 4.78 is 28.0. The Labute approximate surface area is 116 Å². The van der Waals surface area contributed by atoms with Crippen molar-refractivity contribution in [2.45, 2.75) is 45.6 Å². The smallest absolute Gasteiger partial charge is 0.307 e. The molecule has 0 atom stereocenters. The van der Waals surface area contributed by atoms with Crippen molar-refractivity contribution in [1.29, 1.82) is 0 Å². The molecule has 0 aromatic carbocycles. The zero-order valence-electron chi connectivity index (χ0n) is 12.1. The second-order valence-electron chi connectivity index (χ2n) is 5.37. The Hall–Kier alpha value is -0.620. The Bertz CT molecular complexity index is 387. The van der Waals surface area contributed by atoms with Gasteiger partial charge in [-0.15, -0.1) is 0 Å². The van der Waals surface area contributed by atoms with Gasteiger partial charge in [-0.2, -0.15) is 0 Å². The molecule has 1 saturated heterocycles.